The van der Waals surface area contributed by atoms with Gasteiger partial charge in [-0.3, -0.25) is 14.4 Å². The fourth-order valence-electron chi connectivity index (χ4n) is 2.64. The zero-order valence-electron chi connectivity index (χ0n) is 13.7. The summed E-state index contributed by atoms with van der Waals surface area (Å²) in [5.41, 5.74) is 1.12. The van der Waals surface area contributed by atoms with Crippen LogP contribution >= 0.6 is 11.3 Å². The van der Waals surface area contributed by atoms with Crippen LogP contribution in [0.15, 0.2) is 29.6 Å². The van der Waals surface area contributed by atoms with E-state index in [0.717, 1.165) is 25.9 Å². The SMILES string of the molecule is CC(=O)Nc1nc(C(=O)Nc2ccccc2C(=O)N2CCCC2)cs1. The summed E-state index contributed by atoms with van der Waals surface area (Å²) in [4.78, 5) is 41.9. The van der Waals surface area contributed by atoms with Crippen LogP contribution in [0.5, 0.6) is 0 Å². The van der Waals surface area contributed by atoms with E-state index in [4.69, 9.17) is 0 Å². The molecule has 1 aliphatic heterocycles. The maximum absolute atomic E-state index is 12.6. The number of carbonyl (C=O) groups is 3. The molecule has 7 nitrogen and oxygen atoms in total. The molecule has 0 saturated carbocycles. The summed E-state index contributed by atoms with van der Waals surface area (Å²) in [6, 6.07) is 6.94. The topological polar surface area (TPSA) is 91.4 Å². The molecule has 130 valence electrons. The van der Waals surface area contributed by atoms with Crippen molar-refractivity contribution in [2.75, 3.05) is 23.7 Å². The molecule has 1 fully saturated rings. The number of carbonyl (C=O) groups excluding carboxylic acids is 3. The highest BCUT2D eigenvalue weighted by atomic mass is 32.1. The van der Waals surface area contributed by atoms with E-state index in [1.54, 1.807) is 34.5 Å². The predicted molar refractivity (Wildman–Crippen MR) is 96.0 cm³/mol. The molecule has 8 heteroatoms. The minimum atomic E-state index is -0.422. The van der Waals surface area contributed by atoms with Gasteiger partial charge in [-0.25, -0.2) is 4.98 Å². The van der Waals surface area contributed by atoms with Gasteiger partial charge in [-0.15, -0.1) is 11.3 Å². The van der Waals surface area contributed by atoms with Crippen molar-refractivity contribution in [1.82, 2.24) is 9.88 Å². The number of rotatable bonds is 4. The number of thiazole rings is 1. The van der Waals surface area contributed by atoms with E-state index < -0.39 is 5.91 Å². The first-order chi connectivity index (χ1) is 12.0. The van der Waals surface area contributed by atoms with Crippen LogP contribution in [0.3, 0.4) is 0 Å². The number of likely N-dealkylation sites (tertiary alicyclic amines) is 1. The van der Waals surface area contributed by atoms with Crippen LogP contribution in [0.4, 0.5) is 10.8 Å². The summed E-state index contributed by atoms with van der Waals surface area (Å²) in [6.07, 6.45) is 2.01. The lowest BCUT2D eigenvalue weighted by Gasteiger charge is -2.17. The molecule has 1 aliphatic rings. The van der Waals surface area contributed by atoms with Crippen molar-refractivity contribution in [3.8, 4) is 0 Å². The molecule has 0 aliphatic carbocycles. The summed E-state index contributed by atoms with van der Waals surface area (Å²) in [6.45, 7) is 2.86. The molecule has 1 saturated heterocycles. The van der Waals surface area contributed by atoms with Gasteiger partial charge in [0.15, 0.2) is 5.13 Å². The second-order valence-electron chi connectivity index (χ2n) is 5.72. The lowest BCUT2D eigenvalue weighted by atomic mass is 10.1. The molecule has 0 unspecified atom stereocenters. The van der Waals surface area contributed by atoms with Gasteiger partial charge in [0.25, 0.3) is 11.8 Å². The average Bonchev–Trinajstić information content (AvgIpc) is 3.26. The Balaban J connectivity index is 1.76. The lowest BCUT2D eigenvalue weighted by molar-refractivity contribution is -0.114. The molecule has 0 radical (unpaired) electrons. The van der Waals surface area contributed by atoms with Crippen molar-refractivity contribution in [2.24, 2.45) is 0 Å². The molecule has 0 atom stereocenters. The number of hydrogen-bond acceptors (Lipinski definition) is 5. The second-order valence-corrected chi connectivity index (χ2v) is 6.58. The highest BCUT2D eigenvalue weighted by Crippen LogP contribution is 2.22. The number of hydrogen-bond donors (Lipinski definition) is 2. The number of aromatic nitrogens is 1. The van der Waals surface area contributed by atoms with Gasteiger partial charge in [0.2, 0.25) is 5.91 Å². The molecule has 2 aromatic rings. The first kappa shape index (κ1) is 17.1. The molecule has 25 heavy (non-hydrogen) atoms. The number of anilines is 2. The van der Waals surface area contributed by atoms with Gasteiger partial charge in [-0.1, -0.05) is 12.1 Å². The molecule has 1 aromatic heterocycles. The fourth-order valence-corrected chi connectivity index (χ4v) is 3.38. The van der Waals surface area contributed by atoms with E-state index in [1.807, 2.05) is 0 Å². The molecule has 0 spiro atoms. The zero-order chi connectivity index (χ0) is 17.8. The van der Waals surface area contributed by atoms with Gasteiger partial charge in [-0.05, 0) is 25.0 Å². The minimum Gasteiger partial charge on any atom is -0.339 e. The Labute approximate surface area is 149 Å². The molecule has 2 N–H and O–H groups in total. The second kappa shape index (κ2) is 7.43. The Kier molecular flexibility index (Phi) is 5.08. The average molecular weight is 358 g/mol. The van der Waals surface area contributed by atoms with E-state index in [-0.39, 0.29) is 17.5 Å². The molecular weight excluding hydrogens is 340 g/mol. The van der Waals surface area contributed by atoms with Crippen LogP contribution in [-0.4, -0.2) is 40.7 Å². The monoisotopic (exact) mass is 358 g/mol. The summed E-state index contributed by atoms with van der Waals surface area (Å²) >= 11 is 1.17. The van der Waals surface area contributed by atoms with Crippen LogP contribution in [0.1, 0.15) is 40.6 Å². The van der Waals surface area contributed by atoms with Gasteiger partial charge in [0.1, 0.15) is 5.69 Å². The van der Waals surface area contributed by atoms with Crippen LogP contribution < -0.4 is 10.6 Å². The summed E-state index contributed by atoms with van der Waals surface area (Å²) in [7, 11) is 0. The molecular formula is C17H18N4O3S. The highest BCUT2D eigenvalue weighted by Gasteiger charge is 2.22. The smallest absolute Gasteiger partial charge is 0.275 e. The maximum Gasteiger partial charge on any atom is 0.275 e. The van der Waals surface area contributed by atoms with E-state index >= 15 is 0 Å². The van der Waals surface area contributed by atoms with Crippen molar-refractivity contribution in [1.29, 1.82) is 0 Å². The molecule has 1 aromatic carbocycles. The van der Waals surface area contributed by atoms with E-state index in [2.05, 4.69) is 15.6 Å². The van der Waals surface area contributed by atoms with Gasteiger partial charge in [-0.2, -0.15) is 0 Å². The van der Waals surface area contributed by atoms with Gasteiger partial charge in [0, 0.05) is 25.4 Å². The number of amides is 3. The van der Waals surface area contributed by atoms with E-state index in [9.17, 15) is 14.4 Å². The maximum atomic E-state index is 12.6. The zero-order valence-corrected chi connectivity index (χ0v) is 14.6. The third-order valence-corrected chi connectivity index (χ3v) is 4.58. The predicted octanol–water partition coefficient (Wildman–Crippen LogP) is 2.59. The molecule has 0 bridgehead atoms. The van der Waals surface area contributed by atoms with Crippen molar-refractivity contribution >= 4 is 39.9 Å². The Bertz CT molecular complexity index is 812. The highest BCUT2D eigenvalue weighted by molar-refractivity contribution is 7.14. The van der Waals surface area contributed by atoms with Crippen LogP contribution in [0.25, 0.3) is 0 Å². The van der Waals surface area contributed by atoms with Crippen LogP contribution in [-0.2, 0) is 4.79 Å². The van der Waals surface area contributed by atoms with Crippen LogP contribution in [0, 0.1) is 0 Å². The minimum absolute atomic E-state index is 0.0781. The quantitative estimate of drug-likeness (QED) is 0.879. The first-order valence-electron chi connectivity index (χ1n) is 7.97. The normalized spacial score (nSPS) is 13.6. The largest absolute Gasteiger partial charge is 0.339 e. The van der Waals surface area contributed by atoms with Crippen LogP contribution in [0.2, 0.25) is 0 Å². The Hall–Kier alpha value is -2.74. The first-order valence-corrected chi connectivity index (χ1v) is 8.85. The molecule has 2 heterocycles. The fraction of sp³-hybridized carbons (Fsp3) is 0.294. The summed E-state index contributed by atoms with van der Waals surface area (Å²) < 4.78 is 0. The number of nitrogens with one attached hydrogen (secondary N) is 2. The lowest BCUT2D eigenvalue weighted by Crippen LogP contribution is -2.28. The number of nitrogens with zero attached hydrogens (tertiary/aromatic N) is 2. The van der Waals surface area contributed by atoms with Gasteiger partial charge >= 0.3 is 0 Å². The molecule has 3 rings (SSSR count). The third kappa shape index (κ3) is 4.03. The third-order valence-electron chi connectivity index (χ3n) is 3.82. The summed E-state index contributed by atoms with van der Waals surface area (Å²) in [5.74, 6) is -0.747. The standard InChI is InChI=1S/C17H18N4O3S/c1-11(22)18-17-20-14(10-25-17)15(23)19-13-7-3-2-6-12(13)16(24)21-8-4-5-9-21/h2-3,6-7,10H,4-5,8-9H2,1H3,(H,19,23)(H,18,20,22). The van der Waals surface area contributed by atoms with Crippen molar-refractivity contribution in [3.63, 3.8) is 0 Å². The van der Waals surface area contributed by atoms with E-state index in [1.165, 1.54) is 18.3 Å². The van der Waals surface area contributed by atoms with Gasteiger partial charge in [0.05, 0.1) is 11.3 Å². The van der Waals surface area contributed by atoms with Gasteiger partial charge < -0.3 is 15.5 Å². The van der Waals surface area contributed by atoms with E-state index in [0.29, 0.717) is 16.4 Å². The van der Waals surface area contributed by atoms with Crippen molar-refractivity contribution in [2.45, 2.75) is 19.8 Å². The van der Waals surface area contributed by atoms with Crippen molar-refractivity contribution in [3.05, 3.63) is 40.9 Å². The number of para-hydroxylation sites is 1. The summed E-state index contributed by atoms with van der Waals surface area (Å²) in [5, 5.41) is 7.20. The number of benzene rings is 1. The molecule has 3 amide bonds. The Morgan fingerprint density at radius 2 is 1.84 bits per heavy atom. The Morgan fingerprint density at radius 3 is 2.56 bits per heavy atom. The Morgan fingerprint density at radius 1 is 1.12 bits per heavy atom. The van der Waals surface area contributed by atoms with Crippen molar-refractivity contribution < 1.29 is 14.4 Å².